The van der Waals surface area contributed by atoms with Gasteiger partial charge < -0.3 is 19.4 Å². The molecule has 10 nitrogen and oxygen atoms in total. The lowest BCUT2D eigenvalue weighted by atomic mass is 10.1. The van der Waals surface area contributed by atoms with Gasteiger partial charge in [0.15, 0.2) is 0 Å². The molecule has 3 N–H and O–H groups in total. The van der Waals surface area contributed by atoms with Gasteiger partial charge in [0.2, 0.25) is 0 Å². The van der Waals surface area contributed by atoms with Gasteiger partial charge in [0.25, 0.3) is 0 Å². The highest BCUT2D eigenvalue weighted by Crippen LogP contribution is 2.66. The van der Waals surface area contributed by atoms with Crippen molar-refractivity contribution in [2.24, 2.45) is 0 Å². The maximum atomic E-state index is 11.3. The van der Waals surface area contributed by atoms with Crippen molar-refractivity contribution < 1.29 is 46.3 Å². The summed E-state index contributed by atoms with van der Waals surface area (Å²) in [5, 5.41) is 0. The molecule has 0 aliphatic carbocycles. The number of phosphoric ester groups is 1. The van der Waals surface area contributed by atoms with Gasteiger partial charge in [-0.15, -0.1) is 0 Å². The molecule has 1 heterocycles. The summed E-state index contributed by atoms with van der Waals surface area (Å²) in [6.45, 7) is 2.09. The largest absolute Gasteiger partial charge is 0.488 e. The number of rotatable bonds is 7. The van der Waals surface area contributed by atoms with E-state index in [0.29, 0.717) is 13.1 Å². The molecule has 1 aliphatic rings. The molecule has 0 radical (unpaired) electrons. The molecule has 114 valence electrons. The summed E-state index contributed by atoms with van der Waals surface area (Å²) in [6.07, 6.45) is 0.210. The molecule has 0 saturated carbocycles. The fourth-order valence-electron chi connectivity index (χ4n) is 1.33. The van der Waals surface area contributed by atoms with Crippen LogP contribution < -0.4 is 0 Å². The Kier molecular flexibility index (Phi) is 5.55. The Morgan fingerprint density at radius 3 is 2.11 bits per heavy atom. The third-order valence-electron chi connectivity index (χ3n) is 1.90. The highest BCUT2D eigenvalue weighted by Gasteiger charge is 2.40. The quantitative estimate of drug-likeness (QED) is 0.577. The zero-order valence-electron chi connectivity index (χ0n) is 10.1. The summed E-state index contributed by atoms with van der Waals surface area (Å²) >= 11 is 0. The van der Waals surface area contributed by atoms with E-state index in [9.17, 15) is 13.7 Å². The Labute approximate surface area is 109 Å². The van der Waals surface area contributed by atoms with Crippen LogP contribution in [0.5, 0.6) is 0 Å². The van der Waals surface area contributed by atoms with Gasteiger partial charge in [0.05, 0.1) is 18.8 Å². The topological polar surface area (TPSA) is 149 Å². The second-order valence-electron chi connectivity index (χ2n) is 4.00. The van der Waals surface area contributed by atoms with Crippen LogP contribution in [-0.4, -0.2) is 40.2 Å². The van der Waals surface area contributed by atoms with Crippen molar-refractivity contribution in [1.82, 2.24) is 0 Å². The number of hydrogen-bond acceptors (Lipinski definition) is 7. The van der Waals surface area contributed by atoms with E-state index in [2.05, 4.69) is 13.1 Å². The van der Waals surface area contributed by atoms with Crippen molar-refractivity contribution in [1.29, 1.82) is 0 Å². The molecule has 5 atom stereocenters. The van der Waals surface area contributed by atoms with Crippen LogP contribution in [0.25, 0.3) is 0 Å². The third kappa shape index (κ3) is 7.11. The molecule has 13 heteroatoms. The molecule has 0 bridgehead atoms. The van der Waals surface area contributed by atoms with Crippen LogP contribution in [0.3, 0.4) is 0 Å². The van der Waals surface area contributed by atoms with E-state index in [1.54, 1.807) is 6.92 Å². The normalized spacial score (nSPS) is 32.7. The molecular weight excluding hydrogens is 325 g/mol. The lowest BCUT2D eigenvalue weighted by Crippen LogP contribution is -2.38. The fraction of sp³-hybridized carbons (Fsp3) is 1.00. The Morgan fingerprint density at radius 2 is 1.68 bits per heavy atom. The predicted molar refractivity (Wildman–Crippen MR) is 62.5 cm³/mol. The summed E-state index contributed by atoms with van der Waals surface area (Å²) < 4.78 is 50.4. The first-order valence-corrected chi connectivity index (χ1v) is 10.1. The minimum atomic E-state index is -5.19. The first kappa shape index (κ1) is 17.5. The van der Waals surface area contributed by atoms with Crippen LogP contribution in [0.4, 0.5) is 0 Å². The van der Waals surface area contributed by atoms with E-state index >= 15 is 0 Å². The lowest BCUT2D eigenvalue weighted by molar-refractivity contribution is -0.130. The van der Waals surface area contributed by atoms with E-state index in [1.807, 2.05) is 0 Å². The average Bonchev–Trinajstić information content (AvgIpc) is 2.03. The Hall–Kier alpha value is 0.410. The van der Waals surface area contributed by atoms with Crippen molar-refractivity contribution >= 4 is 23.2 Å². The Morgan fingerprint density at radius 1 is 1.16 bits per heavy atom. The molecule has 19 heavy (non-hydrogen) atoms. The van der Waals surface area contributed by atoms with E-state index in [0.717, 1.165) is 0 Å². The molecule has 0 aromatic heterocycles. The standard InChI is InChI=1S/C6H15O10P3/c1-5-3-6(14-5)4-13-18(9,10)16-19(11,12)15-17(2,7)8/h5-6H,3-4H2,1-2H3,(H,7,8)(H,9,10)(H,11,12). The highest BCUT2D eigenvalue weighted by molar-refractivity contribution is 7.68. The van der Waals surface area contributed by atoms with Crippen molar-refractivity contribution in [2.75, 3.05) is 13.3 Å². The van der Waals surface area contributed by atoms with Crippen LogP contribution in [0.1, 0.15) is 13.3 Å². The van der Waals surface area contributed by atoms with Crippen LogP contribution in [-0.2, 0) is 31.6 Å². The molecule has 1 saturated heterocycles. The second kappa shape index (κ2) is 6.03. The SMILES string of the molecule is CC1CC(COP(=O)(O)OP(=O)(O)OP(C)(=O)O)O1. The Balaban J connectivity index is 2.46. The minimum Gasteiger partial charge on any atom is -0.373 e. The van der Waals surface area contributed by atoms with Crippen molar-refractivity contribution in [2.45, 2.75) is 25.6 Å². The number of phosphoric acid groups is 2. The fourth-order valence-corrected chi connectivity index (χ4v) is 4.84. The maximum Gasteiger partial charge on any atom is 0.488 e. The number of hydrogen-bond donors (Lipinski definition) is 3. The van der Waals surface area contributed by atoms with Gasteiger partial charge in [-0.3, -0.25) is 9.09 Å². The van der Waals surface area contributed by atoms with Gasteiger partial charge in [0.1, 0.15) is 0 Å². The summed E-state index contributed by atoms with van der Waals surface area (Å²) in [5.41, 5.74) is 0. The van der Waals surface area contributed by atoms with Crippen molar-refractivity contribution in [3.63, 3.8) is 0 Å². The number of ether oxygens (including phenoxy) is 1. The van der Waals surface area contributed by atoms with Crippen molar-refractivity contribution in [3.8, 4) is 0 Å². The zero-order chi connectivity index (χ0) is 14.9. The first-order chi connectivity index (χ1) is 8.39. The van der Waals surface area contributed by atoms with Crippen LogP contribution in [0.15, 0.2) is 0 Å². The molecule has 1 rings (SSSR count). The predicted octanol–water partition coefficient (Wildman–Crippen LogP) is 1.23. The summed E-state index contributed by atoms with van der Waals surface area (Å²) in [4.78, 5) is 26.9. The van der Waals surface area contributed by atoms with Crippen LogP contribution in [0, 0.1) is 0 Å². The van der Waals surface area contributed by atoms with E-state index in [-0.39, 0.29) is 12.7 Å². The molecule has 0 aromatic carbocycles. The molecular formula is C6H15O10P3. The van der Waals surface area contributed by atoms with Crippen molar-refractivity contribution in [3.05, 3.63) is 0 Å². The van der Waals surface area contributed by atoms with Gasteiger partial charge in [-0.25, -0.2) is 13.4 Å². The highest BCUT2D eigenvalue weighted by atomic mass is 31.3. The van der Waals surface area contributed by atoms with Gasteiger partial charge in [-0.05, 0) is 6.92 Å². The maximum absolute atomic E-state index is 11.3. The van der Waals surface area contributed by atoms with Gasteiger partial charge in [-0.2, -0.15) is 4.31 Å². The molecule has 1 aliphatic heterocycles. The molecule has 0 aromatic rings. The molecule has 5 unspecified atom stereocenters. The average molecular weight is 340 g/mol. The second-order valence-corrected chi connectivity index (χ2v) is 9.05. The van der Waals surface area contributed by atoms with E-state index in [1.165, 1.54) is 0 Å². The smallest absolute Gasteiger partial charge is 0.373 e. The van der Waals surface area contributed by atoms with E-state index < -0.39 is 29.3 Å². The minimum absolute atomic E-state index is 0.0141. The van der Waals surface area contributed by atoms with E-state index in [4.69, 9.17) is 19.4 Å². The summed E-state index contributed by atoms with van der Waals surface area (Å²) in [5.74, 6) is 0. The summed E-state index contributed by atoms with van der Waals surface area (Å²) in [7, 11) is -14.5. The summed E-state index contributed by atoms with van der Waals surface area (Å²) in [6, 6.07) is 0. The molecule has 0 amide bonds. The van der Waals surface area contributed by atoms with Crippen LogP contribution in [0.2, 0.25) is 0 Å². The monoisotopic (exact) mass is 340 g/mol. The van der Waals surface area contributed by atoms with Gasteiger partial charge in [0, 0.05) is 13.1 Å². The molecule has 0 spiro atoms. The zero-order valence-corrected chi connectivity index (χ0v) is 12.8. The van der Waals surface area contributed by atoms with Gasteiger partial charge in [-0.1, -0.05) is 0 Å². The third-order valence-corrected chi connectivity index (χ3v) is 6.07. The lowest BCUT2D eigenvalue weighted by Gasteiger charge is -2.33. The first-order valence-electron chi connectivity index (χ1n) is 5.07. The Bertz CT molecular complexity index is 450. The molecule has 1 fully saturated rings. The van der Waals surface area contributed by atoms with Crippen LogP contribution >= 0.6 is 23.2 Å². The van der Waals surface area contributed by atoms with Gasteiger partial charge >= 0.3 is 23.2 Å².